The van der Waals surface area contributed by atoms with Crippen LogP contribution in [0.25, 0.3) is 0 Å². The van der Waals surface area contributed by atoms with Crippen molar-refractivity contribution in [1.82, 2.24) is 9.97 Å². The first kappa shape index (κ1) is 9.14. The molecule has 0 amide bonds. The zero-order valence-corrected chi connectivity index (χ0v) is 8.32. The maximum absolute atomic E-state index is 8.88. The van der Waals surface area contributed by atoms with E-state index in [0.29, 0.717) is 0 Å². The van der Waals surface area contributed by atoms with Crippen LogP contribution in [0.15, 0.2) is 6.33 Å². The summed E-state index contributed by atoms with van der Waals surface area (Å²) in [6, 6.07) is 2.24. The van der Waals surface area contributed by atoms with Crippen molar-refractivity contribution >= 4 is 0 Å². The van der Waals surface area contributed by atoms with E-state index >= 15 is 0 Å². The summed E-state index contributed by atoms with van der Waals surface area (Å²) in [7, 11) is 0. The van der Waals surface area contributed by atoms with Crippen LogP contribution in [0.4, 0.5) is 0 Å². The lowest BCUT2D eigenvalue weighted by atomic mass is 9.91. The quantitative estimate of drug-likeness (QED) is 0.675. The summed E-state index contributed by atoms with van der Waals surface area (Å²) in [6.07, 6.45) is 6.09. The molecule has 1 unspecified atom stereocenters. The Labute approximate surface area is 83.8 Å². The molecule has 14 heavy (non-hydrogen) atoms. The molecule has 0 saturated carbocycles. The van der Waals surface area contributed by atoms with Gasteiger partial charge in [0.1, 0.15) is 6.33 Å². The average molecular weight is 187 g/mol. The lowest BCUT2D eigenvalue weighted by molar-refractivity contribution is 0.647. The SMILES string of the molecule is CC(C#N)c1ncnc2c1CCCC2. The van der Waals surface area contributed by atoms with Gasteiger partial charge in [0.15, 0.2) is 0 Å². The highest BCUT2D eigenvalue weighted by Crippen LogP contribution is 2.25. The first-order chi connectivity index (χ1) is 6.83. The van der Waals surface area contributed by atoms with E-state index in [-0.39, 0.29) is 5.92 Å². The fraction of sp³-hybridized carbons (Fsp3) is 0.545. The van der Waals surface area contributed by atoms with Crippen LogP contribution in [0.1, 0.15) is 42.6 Å². The van der Waals surface area contributed by atoms with Crippen molar-refractivity contribution < 1.29 is 0 Å². The van der Waals surface area contributed by atoms with E-state index < -0.39 is 0 Å². The van der Waals surface area contributed by atoms with Gasteiger partial charge in [0.25, 0.3) is 0 Å². The molecule has 1 atom stereocenters. The zero-order valence-electron chi connectivity index (χ0n) is 8.32. The van der Waals surface area contributed by atoms with Gasteiger partial charge in [-0.1, -0.05) is 0 Å². The van der Waals surface area contributed by atoms with Crippen molar-refractivity contribution in [3.05, 3.63) is 23.3 Å². The monoisotopic (exact) mass is 187 g/mol. The van der Waals surface area contributed by atoms with Crippen molar-refractivity contribution in [2.75, 3.05) is 0 Å². The van der Waals surface area contributed by atoms with Crippen LogP contribution in [0, 0.1) is 11.3 Å². The van der Waals surface area contributed by atoms with Crippen molar-refractivity contribution in [2.45, 2.75) is 38.5 Å². The van der Waals surface area contributed by atoms with Crippen LogP contribution in [0.5, 0.6) is 0 Å². The van der Waals surface area contributed by atoms with Crippen molar-refractivity contribution in [3.8, 4) is 6.07 Å². The predicted octanol–water partition coefficient (Wildman–Crippen LogP) is 1.98. The third-order valence-corrected chi connectivity index (χ3v) is 2.76. The fourth-order valence-corrected chi connectivity index (χ4v) is 1.98. The van der Waals surface area contributed by atoms with Gasteiger partial charge in [-0.05, 0) is 38.2 Å². The van der Waals surface area contributed by atoms with Crippen LogP contribution in [0.3, 0.4) is 0 Å². The highest BCUT2D eigenvalue weighted by molar-refractivity contribution is 5.31. The maximum atomic E-state index is 8.88. The van der Waals surface area contributed by atoms with Gasteiger partial charge < -0.3 is 0 Å². The van der Waals surface area contributed by atoms with E-state index in [1.54, 1.807) is 6.33 Å². The van der Waals surface area contributed by atoms with E-state index in [9.17, 15) is 0 Å². The van der Waals surface area contributed by atoms with E-state index in [4.69, 9.17) is 5.26 Å². The van der Waals surface area contributed by atoms with Gasteiger partial charge in [-0.25, -0.2) is 9.97 Å². The number of aromatic nitrogens is 2. The maximum Gasteiger partial charge on any atom is 0.116 e. The fourth-order valence-electron chi connectivity index (χ4n) is 1.98. The Bertz CT molecular complexity index is 379. The molecule has 3 heteroatoms. The van der Waals surface area contributed by atoms with Gasteiger partial charge in [0.05, 0.1) is 17.7 Å². The summed E-state index contributed by atoms with van der Waals surface area (Å²) in [5.41, 5.74) is 3.33. The van der Waals surface area contributed by atoms with E-state index in [0.717, 1.165) is 24.2 Å². The molecule has 0 saturated heterocycles. The Morgan fingerprint density at radius 1 is 1.36 bits per heavy atom. The second-order valence-corrected chi connectivity index (χ2v) is 3.74. The third-order valence-electron chi connectivity index (χ3n) is 2.76. The number of hydrogen-bond acceptors (Lipinski definition) is 3. The number of nitrogens with zero attached hydrogens (tertiary/aromatic N) is 3. The van der Waals surface area contributed by atoms with Gasteiger partial charge in [-0.2, -0.15) is 5.26 Å². The normalized spacial score (nSPS) is 16.9. The smallest absolute Gasteiger partial charge is 0.116 e. The number of rotatable bonds is 1. The van der Waals surface area contributed by atoms with Crippen molar-refractivity contribution in [1.29, 1.82) is 5.26 Å². The van der Waals surface area contributed by atoms with Crippen LogP contribution < -0.4 is 0 Å². The molecule has 1 aromatic heterocycles. The summed E-state index contributed by atoms with van der Waals surface area (Å²) in [5, 5.41) is 8.88. The minimum Gasteiger partial charge on any atom is -0.241 e. The molecule has 72 valence electrons. The van der Waals surface area contributed by atoms with Crippen LogP contribution in [0.2, 0.25) is 0 Å². The van der Waals surface area contributed by atoms with Crippen molar-refractivity contribution in [2.24, 2.45) is 0 Å². The Morgan fingerprint density at radius 2 is 2.14 bits per heavy atom. The molecular formula is C11H13N3. The van der Waals surface area contributed by atoms with Crippen LogP contribution >= 0.6 is 0 Å². The van der Waals surface area contributed by atoms with Crippen LogP contribution in [-0.2, 0) is 12.8 Å². The third kappa shape index (κ3) is 1.48. The first-order valence-corrected chi connectivity index (χ1v) is 5.05. The summed E-state index contributed by atoms with van der Waals surface area (Å²) < 4.78 is 0. The summed E-state index contributed by atoms with van der Waals surface area (Å²) in [4.78, 5) is 8.51. The van der Waals surface area contributed by atoms with Gasteiger partial charge in [0.2, 0.25) is 0 Å². The molecule has 0 aliphatic heterocycles. The Kier molecular flexibility index (Phi) is 2.45. The predicted molar refractivity (Wildman–Crippen MR) is 52.7 cm³/mol. The first-order valence-electron chi connectivity index (χ1n) is 5.05. The molecular weight excluding hydrogens is 174 g/mol. The van der Waals surface area contributed by atoms with E-state index in [2.05, 4.69) is 16.0 Å². The van der Waals surface area contributed by atoms with E-state index in [1.165, 1.54) is 18.4 Å². The molecule has 0 aromatic carbocycles. The molecule has 1 heterocycles. The van der Waals surface area contributed by atoms with Gasteiger partial charge >= 0.3 is 0 Å². The largest absolute Gasteiger partial charge is 0.241 e. The minimum absolute atomic E-state index is 0.107. The molecule has 1 aliphatic rings. The number of fused-ring (bicyclic) bond motifs is 1. The highest BCUT2D eigenvalue weighted by atomic mass is 14.8. The zero-order chi connectivity index (χ0) is 9.97. The molecule has 3 nitrogen and oxygen atoms in total. The highest BCUT2D eigenvalue weighted by Gasteiger charge is 2.18. The average Bonchev–Trinajstić information content (AvgIpc) is 2.27. The van der Waals surface area contributed by atoms with Gasteiger partial charge in [0, 0.05) is 5.69 Å². The summed E-state index contributed by atoms with van der Waals surface area (Å²) in [6.45, 7) is 1.90. The minimum atomic E-state index is -0.107. The van der Waals surface area contributed by atoms with Crippen molar-refractivity contribution in [3.63, 3.8) is 0 Å². The molecule has 1 aliphatic carbocycles. The number of hydrogen-bond donors (Lipinski definition) is 0. The Hall–Kier alpha value is -1.43. The van der Waals surface area contributed by atoms with Crippen LogP contribution in [-0.4, -0.2) is 9.97 Å². The molecule has 0 radical (unpaired) electrons. The standard InChI is InChI=1S/C11H13N3/c1-8(6-12)11-9-4-2-3-5-10(9)13-7-14-11/h7-8H,2-5H2,1H3. The second kappa shape index (κ2) is 3.75. The van der Waals surface area contributed by atoms with Gasteiger partial charge in [-0.3, -0.25) is 0 Å². The number of nitriles is 1. The molecule has 0 spiro atoms. The Morgan fingerprint density at radius 3 is 2.93 bits per heavy atom. The molecule has 0 fully saturated rings. The Balaban J connectivity index is 2.46. The van der Waals surface area contributed by atoms with Gasteiger partial charge in [-0.15, -0.1) is 0 Å². The topological polar surface area (TPSA) is 49.6 Å². The summed E-state index contributed by atoms with van der Waals surface area (Å²) in [5.74, 6) is -0.107. The van der Waals surface area contributed by atoms with E-state index in [1.807, 2.05) is 6.92 Å². The molecule has 0 N–H and O–H groups in total. The summed E-state index contributed by atoms with van der Waals surface area (Å²) >= 11 is 0. The number of aryl methyl sites for hydroxylation is 1. The molecule has 2 rings (SSSR count). The second-order valence-electron chi connectivity index (χ2n) is 3.74. The molecule has 0 bridgehead atoms. The lowest BCUT2D eigenvalue weighted by Gasteiger charge is -2.17. The molecule has 1 aromatic rings. The lowest BCUT2D eigenvalue weighted by Crippen LogP contribution is -2.11.